The van der Waals surface area contributed by atoms with Gasteiger partial charge in [0.1, 0.15) is 17.3 Å². The molecule has 4 aromatic rings. The summed E-state index contributed by atoms with van der Waals surface area (Å²) >= 11 is 6.57. The predicted molar refractivity (Wildman–Crippen MR) is 145 cm³/mol. The second kappa shape index (κ2) is 9.84. The number of nitrogens with one attached hydrogen (secondary N) is 2. The summed E-state index contributed by atoms with van der Waals surface area (Å²) in [6, 6.07) is 14.8. The van der Waals surface area contributed by atoms with Gasteiger partial charge >= 0.3 is 0 Å². The zero-order chi connectivity index (χ0) is 27.1. The van der Waals surface area contributed by atoms with Crippen molar-refractivity contribution >= 4 is 33.9 Å². The number of halogens is 3. The molecule has 0 saturated heterocycles. The van der Waals surface area contributed by atoms with Gasteiger partial charge < -0.3 is 10.6 Å². The second-order valence-electron chi connectivity index (χ2n) is 10.9. The average molecular weight is 536 g/mol. The number of pyridine rings is 1. The molecule has 38 heavy (non-hydrogen) atoms. The molecular weight excluding hydrogens is 508 g/mol. The van der Waals surface area contributed by atoms with Crippen molar-refractivity contribution in [2.24, 2.45) is 5.41 Å². The highest BCUT2D eigenvalue weighted by atomic mass is 35.5. The lowest BCUT2D eigenvalue weighted by Gasteiger charge is -2.23. The van der Waals surface area contributed by atoms with E-state index < -0.39 is 18.0 Å². The summed E-state index contributed by atoms with van der Waals surface area (Å²) in [5, 5.41) is 26.2. The number of alkyl halides is 2. The summed E-state index contributed by atoms with van der Waals surface area (Å²) < 4.78 is 28.8. The molecule has 0 aliphatic heterocycles. The molecule has 1 aliphatic rings. The third-order valence-corrected chi connectivity index (χ3v) is 6.93. The fourth-order valence-corrected chi connectivity index (χ4v) is 4.66. The maximum Gasteiger partial charge on any atom is 0.263 e. The Kier molecular flexibility index (Phi) is 6.70. The van der Waals surface area contributed by atoms with Crippen LogP contribution < -0.4 is 10.6 Å². The van der Waals surface area contributed by atoms with Crippen molar-refractivity contribution < 1.29 is 8.78 Å². The summed E-state index contributed by atoms with van der Waals surface area (Å²) in [5.41, 5.74) is 2.37. The van der Waals surface area contributed by atoms with Crippen LogP contribution in [0.1, 0.15) is 56.5 Å². The highest BCUT2D eigenvalue weighted by Crippen LogP contribution is 2.48. The molecule has 0 bridgehead atoms. The Hall–Kier alpha value is -3.77. The number of anilines is 2. The van der Waals surface area contributed by atoms with Gasteiger partial charge in [-0.1, -0.05) is 67.9 Å². The highest BCUT2D eigenvalue weighted by Gasteiger charge is 2.54. The Morgan fingerprint density at radius 3 is 2.55 bits per heavy atom. The van der Waals surface area contributed by atoms with Crippen LogP contribution >= 0.6 is 11.6 Å². The van der Waals surface area contributed by atoms with Gasteiger partial charge in [0.05, 0.1) is 34.7 Å². The fraction of sp³-hybridized carbons (Fsp3) is 0.357. The van der Waals surface area contributed by atoms with Crippen molar-refractivity contribution in [1.82, 2.24) is 20.0 Å². The van der Waals surface area contributed by atoms with Crippen LogP contribution in [-0.4, -0.2) is 32.9 Å². The van der Waals surface area contributed by atoms with E-state index in [1.54, 1.807) is 24.5 Å². The highest BCUT2D eigenvalue weighted by molar-refractivity contribution is 6.32. The second-order valence-corrected chi connectivity index (χ2v) is 11.3. The Morgan fingerprint density at radius 2 is 1.92 bits per heavy atom. The van der Waals surface area contributed by atoms with E-state index in [-0.39, 0.29) is 5.41 Å². The molecule has 7 nitrogen and oxygen atoms in total. The number of hydrogen-bond donors (Lipinski definition) is 2. The topological polar surface area (TPSA) is 91.5 Å². The fourth-order valence-electron chi connectivity index (χ4n) is 4.44. The van der Waals surface area contributed by atoms with Crippen molar-refractivity contribution in [1.29, 1.82) is 5.26 Å². The number of hydrogen-bond acceptors (Lipinski definition) is 6. The van der Waals surface area contributed by atoms with E-state index in [1.807, 2.05) is 30.3 Å². The monoisotopic (exact) mass is 535 g/mol. The van der Waals surface area contributed by atoms with Crippen molar-refractivity contribution in [2.45, 2.75) is 51.6 Å². The molecule has 1 aliphatic carbocycles. The van der Waals surface area contributed by atoms with Gasteiger partial charge in [0, 0.05) is 23.2 Å². The van der Waals surface area contributed by atoms with Crippen molar-refractivity contribution in [3.05, 3.63) is 76.7 Å². The molecule has 0 spiro atoms. The number of nitriles is 1. The van der Waals surface area contributed by atoms with Crippen LogP contribution in [0.2, 0.25) is 5.02 Å². The zero-order valence-corrected chi connectivity index (χ0v) is 22.1. The summed E-state index contributed by atoms with van der Waals surface area (Å²) in [6.07, 6.45) is 1.35. The first-order valence-corrected chi connectivity index (χ1v) is 12.8. The van der Waals surface area contributed by atoms with E-state index >= 15 is 0 Å². The molecule has 5 rings (SSSR count). The molecule has 1 fully saturated rings. The van der Waals surface area contributed by atoms with E-state index in [1.165, 1.54) is 4.68 Å². The minimum atomic E-state index is -2.52. The van der Waals surface area contributed by atoms with Crippen LogP contribution in [0.5, 0.6) is 0 Å². The average Bonchev–Trinajstić information content (AvgIpc) is 3.56. The van der Waals surface area contributed by atoms with E-state index in [9.17, 15) is 14.0 Å². The molecule has 2 N–H and O–H groups in total. The summed E-state index contributed by atoms with van der Waals surface area (Å²) in [5.74, 6) is 0. The molecule has 2 aromatic carbocycles. The predicted octanol–water partition coefficient (Wildman–Crippen LogP) is 6.77. The number of nitrogens with zero attached hydrogens (tertiary/aromatic N) is 5. The Bertz CT molecular complexity index is 1500. The number of rotatable bonds is 8. The number of fused-ring (bicyclic) bond motifs is 1. The van der Waals surface area contributed by atoms with Gasteiger partial charge in [-0.15, -0.1) is 5.10 Å². The van der Waals surface area contributed by atoms with Crippen molar-refractivity contribution in [3.63, 3.8) is 0 Å². The van der Waals surface area contributed by atoms with Gasteiger partial charge in [0.2, 0.25) is 0 Å². The summed E-state index contributed by atoms with van der Waals surface area (Å²) in [6.45, 7) is 6.95. The van der Waals surface area contributed by atoms with Crippen LogP contribution in [0.4, 0.5) is 20.2 Å². The van der Waals surface area contributed by atoms with E-state index in [2.05, 4.69) is 52.8 Å². The van der Waals surface area contributed by atoms with E-state index in [0.29, 0.717) is 57.9 Å². The molecule has 2 heterocycles. The largest absolute Gasteiger partial charge is 0.383 e. The molecule has 0 radical (unpaired) electrons. The van der Waals surface area contributed by atoms with Crippen LogP contribution in [0.15, 0.2) is 54.9 Å². The van der Waals surface area contributed by atoms with Gasteiger partial charge in [-0.05, 0) is 36.0 Å². The SMILES string of the molecule is CC(C)(C)CNc1c(C#N)cnc2c(N[C@@H](c3ccccc3)c3cn(C4(C(F)F)CC4)nn3)cc(Cl)cc12. The van der Waals surface area contributed by atoms with E-state index in [0.717, 1.165) is 5.56 Å². The molecule has 196 valence electrons. The molecule has 10 heteroatoms. The lowest BCUT2D eigenvalue weighted by molar-refractivity contribution is 0.0593. The minimum Gasteiger partial charge on any atom is -0.383 e. The molecule has 0 unspecified atom stereocenters. The van der Waals surface area contributed by atoms with Crippen molar-refractivity contribution in [2.75, 3.05) is 17.2 Å². The van der Waals surface area contributed by atoms with Gasteiger partial charge in [0.25, 0.3) is 6.43 Å². The standard InChI is InChI=1S/C28H28ClF2N7/c1-27(2,3)16-34-23-18(13-32)14-33-25-20(23)11-19(29)12-21(25)35-24(17-7-5-4-6-8-17)22-15-38(37-36-22)28(9-10-28)26(30)31/h4-8,11-12,14-15,24,26,35H,9-10,16H2,1-3H3,(H,33,34)/t24-/m0/s1. The first-order chi connectivity index (χ1) is 18.1. The van der Waals surface area contributed by atoms with Crippen LogP contribution in [0.3, 0.4) is 0 Å². The van der Waals surface area contributed by atoms with Crippen LogP contribution in [0.25, 0.3) is 10.9 Å². The molecule has 0 amide bonds. The number of benzene rings is 2. The lowest BCUT2D eigenvalue weighted by atomic mass is 9.96. The first kappa shape index (κ1) is 25.9. The summed E-state index contributed by atoms with van der Waals surface area (Å²) in [4.78, 5) is 4.59. The molecule has 1 saturated carbocycles. The van der Waals surface area contributed by atoms with Crippen LogP contribution in [-0.2, 0) is 5.54 Å². The zero-order valence-electron chi connectivity index (χ0n) is 21.3. The first-order valence-electron chi connectivity index (χ1n) is 12.4. The van der Waals surface area contributed by atoms with Gasteiger partial charge in [0.15, 0.2) is 0 Å². The lowest BCUT2D eigenvalue weighted by Crippen LogP contribution is -2.26. The van der Waals surface area contributed by atoms with Crippen LogP contribution in [0, 0.1) is 16.7 Å². The molecule has 2 aromatic heterocycles. The molecule has 1 atom stereocenters. The van der Waals surface area contributed by atoms with E-state index in [4.69, 9.17) is 11.6 Å². The number of aromatic nitrogens is 4. The Labute approximate surface area is 224 Å². The molecular formula is C28H28ClF2N7. The maximum absolute atomic E-state index is 13.7. The Balaban J connectivity index is 1.59. The van der Waals surface area contributed by atoms with Crippen molar-refractivity contribution in [3.8, 4) is 6.07 Å². The quantitative estimate of drug-likeness (QED) is 0.259. The van der Waals surface area contributed by atoms with Gasteiger partial charge in [-0.3, -0.25) is 4.98 Å². The normalized spacial score (nSPS) is 15.3. The third-order valence-electron chi connectivity index (χ3n) is 6.72. The van der Waals surface area contributed by atoms with Gasteiger partial charge in [-0.2, -0.15) is 5.26 Å². The minimum absolute atomic E-state index is 0.0245. The maximum atomic E-state index is 13.7. The Morgan fingerprint density at radius 1 is 1.18 bits per heavy atom. The third kappa shape index (κ3) is 5.01. The van der Waals surface area contributed by atoms with Gasteiger partial charge in [-0.25, -0.2) is 13.5 Å². The smallest absolute Gasteiger partial charge is 0.263 e. The summed E-state index contributed by atoms with van der Waals surface area (Å²) in [7, 11) is 0.